The van der Waals surface area contributed by atoms with Crippen molar-refractivity contribution in [3.05, 3.63) is 47.2 Å². The molecular weight excluding hydrogens is 214 g/mol. The lowest BCUT2D eigenvalue weighted by atomic mass is 9.79. The number of nitriles is 1. The van der Waals surface area contributed by atoms with Crippen molar-refractivity contribution in [3.8, 4) is 6.07 Å². The average Bonchev–Trinajstić information content (AvgIpc) is 2.32. The summed E-state index contributed by atoms with van der Waals surface area (Å²) in [5.74, 6) is 0.187. The van der Waals surface area contributed by atoms with Gasteiger partial charge in [-0.15, -0.1) is 0 Å². The highest BCUT2D eigenvalue weighted by Gasteiger charge is 2.28. The smallest absolute Gasteiger partial charge is 0.136 e. The Morgan fingerprint density at radius 2 is 2.12 bits per heavy atom. The minimum absolute atomic E-state index is 0.187. The van der Waals surface area contributed by atoms with Crippen LogP contribution in [0.5, 0.6) is 0 Å². The third kappa shape index (κ3) is 2.86. The van der Waals surface area contributed by atoms with Crippen molar-refractivity contribution in [2.45, 2.75) is 32.6 Å². The van der Waals surface area contributed by atoms with Gasteiger partial charge in [-0.05, 0) is 37.5 Å². The Morgan fingerprint density at radius 1 is 1.47 bits per heavy atom. The zero-order chi connectivity index (χ0) is 13.1. The third-order valence-electron chi connectivity index (χ3n) is 3.07. The van der Waals surface area contributed by atoms with E-state index in [1.54, 1.807) is 6.92 Å². The van der Waals surface area contributed by atoms with E-state index in [-0.39, 0.29) is 12.2 Å². The maximum atomic E-state index is 9.32. The van der Waals surface area contributed by atoms with Crippen LogP contribution in [-0.4, -0.2) is 5.26 Å². The molecule has 0 aliphatic carbocycles. The molecule has 90 valence electrons. The van der Waals surface area contributed by atoms with Gasteiger partial charge in [0, 0.05) is 6.42 Å². The summed E-state index contributed by atoms with van der Waals surface area (Å²) in [5, 5.41) is 17.8. The van der Waals surface area contributed by atoms with Crippen LogP contribution in [-0.2, 0) is 10.3 Å². The largest absolute Gasteiger partial charge is 0.345 e. The van der Waals surface area contributed by atoms with Gasteiger partial charge in [-0.3, -0.25) is 0 Å². The molecule has 1 unspecified atom stereocenters. The normalized spacial score (nSPS) is 13.6. The second-order valence-corrected chi connectivity index (χ2v) is 4.55. The molecule has 0 spiro atoms. The van der Waals surface area contributed by atoms with Gasteiger partial charge in [0.15, 0.2) is 0 Å². The first-order chi connectivity index (χ1) is 7.92. The van der Waals surface area contributed by atoms with Crippen molar-refractivity contribution in [3.63, 3.8) is 0 Å². The van der Waals surface area contributed by atoms with Crippen LogP contribution in [0.25, 0.3) is 0 Å². The van der Waals surface area contributed by atoms with Gasteiger partial charge in [0.1, 0.15) is 5.76 Å². The molecule has 0 bridgehead atoms. The zero-order valence-corrected chi connectivity index (χ0v) is 10.4. The average molecular weight is 231 g/mol. The van der Waals surface area contributed by atoms with Gasteiger partial charge in [0.25, 0.3) is 0 Å². The highest BCUT2D eigenvalue weighted by molar-refractivity contribution is 5.38. The minimum atomic E-state index is -0.738. The number of hydrogen-bond acceptors (Lipinski definition) is 3. The lowest BCUT2D eigenvalue weighted by Crippen LogP contribution is -2.21. The number of benzene rings is 1. The molecule has 1 rings (SSSR count). The van der Waals surface area contributed by atoms with E-state index < -0.39 is 5.41 Å². The molecule has 3 heteroatoms. The predicted molar refractivity (Wildman–Crippen MR) is 66.4 cm³/mol. The minimum Gasteiger partial charge on any atom is -0.345 e. The van der Waals surface area contributed by atoms with E-state index in [0.717, 1.165) is 11.1 Å². The number of allylic oxidation sites excluding steroid dienone is 1. The SMILES string of the molecule is C=C(CC(C)(C#N)c1ccc(C)c(C)c1)OO. The number of aryl methyl sites for hydroxylation is 2. The molecule has 3 nitrogen and oxygen atoms in total. The van der Waals surface area contributed by atoms with Crippen molar-refractivity contribution in [1.29, 1.82) is 5.26 Å². The molecule has 0 fully saturated rings. The summed E-state index contributed by atoms with van der Waals surface area (Å²) in [7, 11) is 0. The lowest BCUT2D eigenvalue weighted by molar-refractivity contribution is -0.206. The Labute approximate surface area is 102 Å². The van der Waals surface area contributed by atoms with Gasteiger partial charge in [-0.1, -0.05) is 24.8 Å². The van der Waals surface area contributed by atoms with Crippen LogP contribution >= 0.6 is 0 Å². The predicted octanol–water partition coefficient (Wildman–Crippen LogP) is 3.48. The fourth-order valence-electron chi connectivity index (χ4n) is 1.72. The monoisotopic (exact) mass is 231 g/mol. The van der Waals surface area contributed by atoms with E-state index in [0.29, 0.717) is 0 Å². The standard InChI is InChI=1S/C14H17NO2/c1-10-5-6-13(7-11(10)2)14(4,9-15)8-12(3)17-16/h5-7,16H,3,8H2,1-2,4H3. The third-order valence-corrected chi connectivity index (χ3v) is 3.07. The molecule has 0 amide bonds. The first-order valence-electron chi connectivity index (χ1n) is 5.41. The van der Waals surface area contributed by atoms with Crippen LogP contribution in [0.3, 0.4) is 0 Å². The highest BCUT2D eigenvalue weighted by atomic mass is 17.1. The van der Waals surface area contributed by atoms with Gasteiger partial charge in [0.05, 0.1) is 11.5 Å². The quantitative estimate of drug-likeness (QED) is 0.490. The maximum Gasteiger partial charge on any atom is 0.136 e. The molecule has 1 aromatic rings. The van der Waals surface area contributed by atoms with Crippen LogP contribution in [0.4, 0.5) is 0 Å². The first kappa shape index (κ1) is 13.3. The second kappa shape index (κ2) is 5.03. The summed E-state index contributed by atoms with van der Waals surface area (Å²) in [6, 6.07) is 8.16. The van der Waals surface area contributed by atoms with Crippen LogP contribution < -0.4 is 0 Å². The zero-order valence-electron chi connectivity index (χ0n) is 10.4. The number of hydrogen-bond donors (Lipinski definition) is 1. The molecule has 1 aromatic carbocycles. The van der Waals surface area contributed by atoms with Crippen LogP contribution in [0, 0.1) is 25.2 Å². The van der Waals surface area contributed by atoms with Crippen molar-refractivity contribution in [2.75, 3.05) is 0 Å². The lowest BCUT2D eigenvalue weighted by Gasteiger charge is -2.22. The van der Waals surface area contributed by atoms with Crippen molar-refractivity contribution >= 4 is 0 Å². The summed E-state index contributed by atoms with van der Waals surface area (Å²) in [5.41, 5.74) is 2.49. The summed E-state index contributed by atoms with van der Waals surface area (Å²) < 4.78 is 0. The Hall–Kier alpha value is -1.79. The molecule has 0 heterocycles. The fraction of sp³-hybridized carbons (Fsp3) is 0.357. The molecule has 0 radical (unpaired) electrons. The van der Waals surface area contributed by atoms with Crippen molar-refractivity contribution in [2.24, 2.45) is 0 Å². The van der Waals surface area contributed by atoms with Gasteiger partial charge >= 0.3 is 0 Å². The van der Waals surface area contributed by atoms with E-state index in [9.17, 15) is 5.26 Å². The van der Waals surface area contributed by atoms with Gasteiger partial charge in [0.2, 0.25) is 0 Å². The molecule has 0 saturated carbocycles. The Kier molecular flexibility index (Phi) is 3.93. The fourth-order valence-corrected chi connectivity index (χ4v) is 1.72. The Bertz CT molecular complexity index is 474. The van der Waals surface area contributed by atoms with E-state index in [1.165, 1.54) is 5.56 Å². The Morgan fingerprint density at radius 3 is 2.59 bits per heavy atom. The van der Waals surface area contributed by atoms with Crippen LogP contribution in [0.1, 0.15) is 30.0 Å². The van der Waals surface area contributed by atoms with Gasteiger partial charge in [-0.2, -0.15) is 5.26 Å². The summed E-state index contributed by atoms with van der Waals surface area (Å²) in [4.78, 5) is 4.08. The van der Waals surface area contributed by atoms with Gasteiger partial charge in [-0.25, -0.2) is 5.26 Å². The summed E-state index contributed by atoms with van der Waals surface area (Å²) in [6.07, 6.45) is 0.266. The second-order valence-electron chi connectivity index (χ2n) is 4.55. The topological polar surface area (TPSA) is 53.2 Å². The molecule has 0 aliphatic rings. The molecule has 0 aromatic heterocycles. The molecule has 17 heavy (non-hydrogen) atoms. The Balaban J connectivity index is 3.12. The highest BCUT2D eigenvalue weighted by Crippen LogP contribution is 2.31. The molecule has 1 atom stereocenters. The van der Waals surface area contributed by atoms with Gasteiger partial charge < -0.3 is 4.89 Å². The number of rotatable bonds is 4. The molecule has 0 aliphatic heterocycles. The first-order valence-corrected chi connectivity index (χ1v) is 5.41. The van der Waals surface area contributed by atoms with E-state index in [2.05, 4.69) is 17.5 Å². The van der Waals surface area contributed by atoms with E-state index in [1.807, 2.05) is 32.0 Å². The van der Waals surface area contributed by atoms with Crippen LogP contribution in [0.15, 0.2) is 30.5 Å². The number of nitrogens with zero attached hydrogens (tertiary/aromatic N) is 1. The van der Waals surface area contributed by atoms with E-state index >= 15 is 0 Å². The maximum absolute atomic E-state index is 9.32. The molecule has 0 saturated heterocycles. The molecule has 1 N–H and O–H groups in total. The van der Waals surface area contributed by atoms with E-state index in [4.69, 9.17) is 5.26 Å². The summed E-state index contributed by atoms with van der Waals surface area (Å²) in [6.45, 7) is 9.39. The van der Waals surface area contributed by atoms with Crippen molar-refractivity contribution < 1.29 is 10.1 Å². The van der Waals surface area contributed by atoms with Crippen molar-refractivity contribution in [1.82, 2.24) is 0 Å². The molecular formula is C14H17NO2. The summed E-state index contributed by atoms with van der Waals surface area (Å²) >= 11 is 0. The van der Waals surface area contributed by atoms with Crippen LogP contribution in [0.2, 0.25) is 0 Å².